The van der Waals surface area contributed by atoms with Gasteiger partial charge >= 0.3 is 0 Å². The number of nitrogens with one attached hydrogen (secondary N) is 1. The van der Waals surface area contributed by atoms with Crippen LogP contribution in [0.1, 0.15) is 54.6 Å². The summed E-state index contributed by atoms with van der Waals surface area (Å²) in [6.45, 7) is 3.81. The zero-order valence-electron chi connectivity index (χ0n) is 20.2. The first-order chi connectivity index (χ1) is 16.7. The number of nitrogens with zero attached hydrogens (tertiary/aromatic N) is 3. The molecule has 2 N–H and O–H groups in total. The minimum absolute atomic E-state index is 0.0206. The highest BCUT2D eigenvalue weighted by molar-refractivity contribution is 5.83. The van der Waals surface area contributed by atoms with Gasteiger partial charge in [0.1, 0.15) is 18.2 Å². The van der Waals surface area contributed by atoms with Gasteiger partial charge in [-0.3, -0.25) is 14.4 Å². The van der Waals surface area contributed by atoms with Gasteiger partial charge in [0.25, 0.3) is 0 Å². The summed E-state index contributed by atoms with van der Waals surface area (Å²) in [6, 6.07) is 14.6. The number of alkyl halides is 1. The number of rotatable bonds is 8. The molecule has 1 fully saturated rings. The van der Waals surface area contributed by atoms with Crippen LogP contribution in [0, 0.1) is 5.82 Å². The summed E-state index contributed by atoms with van der Waals surface area (Å²) >= 11 is 0. The van der Waals surface area contributed by atoms with Crippen molar-refractivity contribution in [1.29, 1.82) is 0 Å². The van der Waals surface area contributed by atoms with Crippen LogP contribution >= 0.6 is 0 Å². The van der Waals surface area contributed by atoms with E-state index in [2.05, 4.69) is 10.4 Å². The highest BCUT2D eigenvalue weighted by atomic mass is 19.1. The molecule has 186 valence electrons. The van der Waals surface area contributed by atoms with Gasteiger partial charge in [-0.2, -0.15) is 5.10 Å². The summed E-state index contributed by atoms with van der Waals surface area (Å²) in [5, 5.41) is 18.1. The van der Waals surface area contributed by atoms with Crippen LogP contribution < -0.4 is 5.32 Å². The summed E-state index contributed by atoms with van der Waals surface area (Å²) in [7, 11) is 1.78. The fourth-order valence-corrected chi connectivity index (χ4v) is 4.71. The number of carbonyl (C=O) groups excluding carboxylic acids is 1. The van der Waals surface area contributed by atoms with E-state index >= 15 is 0 Å². The molecule has 1 aliphatic heterocycles. The van der Waals surface area contributed by atoms with E-state index in [9.17, 15) is 18.7 Å². The van der Waals surface area contributed by atoms with Crippen molar-refractivity contribution in [3.8, 4) is 0 Å². The van der Waals surface area contributed by atoms with Crippen LogP contribution in [-0.2, 0) is 18.3 Å². The number of aliphatic hydroxyl groups is 1. The van der Waals surface area contributed by atoms with Crippen molar-refractivity contribution in [2.75, 3.05) is 6.54 Å². The second-order valence-electron chi connectivity index (χ2n) is 9.50. The number of aromatic nitrogens is 2. The number of likely N-dealkylation sites (tertiary alicyclic amines) is 1. The average molecular weight is 483 g/mol. The zero-order chi connectivity index (χ0) is 25.1. The molecule has 1 amide bonds. The highest BCUT2D eigenvalue weighted by Gasteiger charge is 2.41. The van der Waals surface area contributed by atoms with Gasteiger partial charge in [-0.1, -0.05) is 56.3 Å². The predicted molar refractivity (Wildman–Crippen MR) is 130 cm³/mol. The lowest BCUT2D eigenvalue weighted by Crippen LogP contribution is -2.49. The Kier molecular flexibility index (Phi) is 7.62. The number of halogens is 2. The van der Waals surface area contributed by atoms with Crippen LogP contribution in [0.3, 0.4) is 0 Å². The van der Waals surface area contributed by atoms with Crippen molar-refractivity contribution in [1.82, 2.24) is 20.0 Å². The Morgan fingerprint density at radius 2 is 1.91 bits per heavy atom. The van der Waals surface area contributed by atoms with Gasteiger partial charge in [0.05, 0.1) is 17.8 Å². The molecule has 1 aromatic heterocycles. The summed E-state index contributed by atoms with van der Waals surface area (Å²) in [6.07, 6.45) is -0.363. The molecule has 0 bridgehead atoms. The summed E-state index contributed by atoms with van der Waals surface area (Å²) in [5.41, 5.74) is 2.64. The summed E-state index contributed by atoms with van der Waals surface area (Å²) in [4.78, 5) is 14.9. The van der Waals surface area contributed by atoms with Crippen molar-refractivity contribution in [2.45, 2.75) is 57.1 Å². The number of amides is 1. The fraction of sp³-hybridized carbons (Fsp3) is 0.407. The monoisotopic (exact) mass is 482 g/mol. The molecule has 0 aliphatic carbocycles. The molecule has 0 radical (unpaired) electrons. The van der Waals surface area contributed by atoms with Crippen LogP contribution in [0.25, 0.3) is 0 Å². The maximum absolute atomic E-state index is 14.8. The molecule has 1 aliphatic rings. The van der Waals surface area contributed by atoms with Crippen LogP contribution in [-0.4, -0.2) is 50.7 Å². The van der Waals surface area contributed by atoms with Crippen molar-refractivity contribution < 1.29 is 18.7 Å². The smallest absolute Gasteiger partial charge is 0.238 e. The molecule has 0 spiro atoms. The average Bonchev–Trinajstić information content (AvgIpc) is 3.42. The molecule has 1 saturated heterocycles. The zero-order valence-corrected chi connectivity index (χ0v) is 20.2. The van der Waals surface area contributed by atoms with Crippen molar-refractivity contribution in [3.05, 3.63) is 89.0 Å². The van der Waals surface area contributed by atoms with Gasteiger partial charge in [-0.25, -0.2) is 8.78 Å². The molecular weight excluding hydrogens is 450 g/mol. The first-order valence-corrected chi connectivity index (χ1v) is 11.9. The Labute approximate surface area is 204 Å². The number of carbonyl (C=O) groups is 1. The van der Waals surface area contributed by atoms with Gasteiger partial charge in [-0.15, -0.1) is 0 Å². The normalized spacial score (nSPS) is 20.2. The molecule has 0 saturated carbocycles. The maximum Gasteiger partial charge on any atom is 0.238 e. The van der Waals surface area contributed by atoms with E-state index in [1.165, 1.54) is 11.0 Å². The van der Waals surface area contributed by atoms with Gasteiger partial charge in [0.2, 0.25) is 5.91 Å². The van der Waals surface area contributed by atoms with Gasteiger partial charge < -0.3 is 10.4 Å². The number of aliphatic hydroxyl groups excluding tert-OH is 1. The minimum atomic E-state index is -1.23. The largest absolute Gasteiger partial charge is 0.378 e. The molecule has 35 heavy (non-hydrogen) atoms. The predicted octanol–water partition coefficient (Wildman–Crippen LogP) is 3.86. The Morgan fingerprint density at radius 1 is 1.17 bits per heavy atom. The molecule has 4 atom stereocenters. The molecule has 4 rings (SSSR count). The summed E-state index contributed by atoms with van der Waals surface area (Å²) < 4.78 is 30.9. The quantitative estimate of drug-likeness (QED) is 0.512. The first-order valence-electron chi connectivity index (χ1n) is 11.9. The van der Waals surface area contributed by atoms with Crippen molar-refractivity contribution in [3.63, 3.8) is 0 Å². The van der Waals surface area contributed by atoms with Gasteiger partial charge in [0, 0.05) is 32.6 Å². The summed E-state index contributed by atoms with van der Waals surface area (Å²) in [5.74, 6) is -0.708. The van der Waals surface area contributed by atoms with Gasteiger partial charge in [-0.05, 0) is 34.7 Å². The Bertz CT molecular complexity index is 1150. The van der Waals surface area contributed by atoms with Crippen LogP contribution in [0.2, 0.25) is 0 Å². The van der Waals surface area contributed by atoms with Crippen LogP contribution in [0.4, 0.5) is 8.78 Å². The number of hydrogen-bond donors (Lipinski definition) is 2. The van der Waals surface area contributed by atoms with E-state index in [-0.39, 0.29) is 31.1 Å². The standard InChI is InChI=1S/C27H32F2N4O2/c1-17(2)22-10-9-19(13-23(22)29)26(18-7-5-4-6-8-18)30-27(35)24-14-20(28)16-33(24)25(34)15-21-11-12-32(3)31-21/h4-13,17,20,24-26,34H,14-16H2,1-3H3,(H,30,35)/t20-,24+,25?,26+/m1/s1. The Hall–Kier alpha value is -3.10. The molecule has 3 aromatic rings. The molecule has 1 unspecified atom stereocenters. The third-order valence-electron chi connectivity index (χ3n) is 6.53. The van der Waals surface area contributed by atoms with Crippen LogP contribution in [0.15, 0.2) is 60.8 Å². The number of benzene rings is 2. The number of aryl methyl sites for hydroxylation is 1. The Balaban J connectivity index is 1.57. The SMILES string of the molecule is CC(C)c1ccc([C@@H](NC(=O)[C@@H]2C[C@@H](F)CN2C(O)Cc2ccn(C)n2)c2ccccc2)cc1F. The Morgan fingerprint density at radius 3 is 2.54 bits per heavy atom. The lowest BCUT2D eigenvalue weighted by molar-refractivity contribution is -0.130. The van der Waals surface area contributed by atoms with E-state index in [0.29, 0.717) is 16.8 Å². The first kappa shape index (κ1) is 25.0. The highest BCUT2D eigenvalue weighted by Crippen LogP contribution is 2.29. The van der Waals surface area contributed by atoms with Gasteiger partial charge in [0.15, 0.2) is 0 Å². The molecule has 2 aromatic carbocycles. The topological polar surface area (TPSA) is 70.4 Å². The second-order valence-corrected chi connectivity index (χ2v) is 9.50. The lowest BCUT2D eigenvalue weighted by Gasteiger charge is -2.30. The van der Waals surface area contributed by atoms with E-state index < -0.39 is 30.4 Å². The lowest BCUT2D eigenvalue weighted by atomic mass is 9.94. The van der Waals surface area contributed by atoms with E-state index in [4.69, 9.17) is 0 Å². The van der Waals surface area contributed by atoms with E-state index in [1.54, 1.807) is 30.1 Å². The number of hydrogen-bond acceptors (Lipinski definition) is 4. The maximum atomic E-state index is 14.8. The van der Waals surface area contributed by atoms with Crippen LogP contribution in [0.5, 0.6) is 0 Å². The third-order valence-corrected chi connectivity index (χ3v) is 6.53. The van der Waals surface area contributed by atoms with E-state index in [1.807, 2.05) is 50.2 Å². The molecule has 2 heterocycles. The third kappa shape index (κ3) is 5.77. The molecular formula is C27H32F2N4O2. The van der Waals surface area contributed by atoms with Crippen molar-refractivity contribution in [2.24, 2.45) is 7.05 Å². The molecule has 8 heteroatoms. The minimum Gasteiger partial charge on any atom is -0.378 e. The van der Waals surface area contributed by atoms with E-state index in [0.717, 1.165) is 5.56 Å². The molecule has 6 nitrogen and oxygen atoms in total. The second kappa shape index (κ2) is 10.7. The van der Waals surface area contributed by atoms with Crippen molar-refractivity contribution >= 4 is 5.91 Å². The fourth-order valence-electron chi connectivity index (χ4n) is 4.71.